The van der Waals surface area contributed by atoms with Crippen LogP contribution < -0.4 is 5.32 Å². The first-order valence-corrected chi connectivity index (χ1v) is 7.18. The van der Waals surface area contributed by atoms with Crippen molar-refractivity contribution in [3.8, 4) is 0 Å². The molecule has 1 N–H and O–H groups in total. The number of hydrogen-bond donors (Lipinski definition) is 1. The summed E-state index contributed by atoms with van der Waals surface area (Å²) in [5.41, 5.74) is -0.642. The molecule has 108 valence electrons. The molecule has 0 bridgehead atoms. The Morgan fingerprint density at radius 1 is 1.32 bits per heavy atom. The van der Waals surface area contributed by atoms with Gasteiger partial charge in [0.15, 0.2) is 0 Å². The molecule has 1 aliphatic carbocycles. The Morgan fingerprint density at radius 2 is 2.00 bits per heavy atom. The highest BCUT2D eigenvalue weighted by Crippen LogP contribution is 2.41. The smallest absolute Gasteiger partial charge is 0.248 e. The van der Waals surface area contributed by atoms with E-state index in [1.165, 1.54) is 0 Å². The summed E-state index contributed by atoms with van der Waals surface area (Å²) in [7, 11) is 4.09. The van der Waals surface area contributed by atoms with Crippen LogP contribution in [0, 0.1) is 5.92 Å². The van der Waals surface area contributed by atoms with E-state index in [1.807, 2.05) is 21.0 Å². The van der Waals surface area contributed by atoms with Crippen LogP contribution in [0.25, 0.3) is 0 Å². The van der Waals surface area contributed by atoms with E-state index in [1.54, 1.807) is 4.90 Å². The topological polar surface area (TPSA) is 52.6 Å². The predicted molar refractivity (Wildman–Crippen MR) is 73.6 cm³/mol. The lowest BCUT2D eigenvalue weighted by molar-refractivity contribution is -0.150. The Balaban J connectivity index is 1.89. The molecule has 1 saturated carbocycles. The van der Waals surface area contributed by atoms with Gasteiger partial charge in [-0.05, 0) is 59.2 Å². The van der Waals surface area contributed by atoms with Crippen molar-refractivity contribution in [3.05, 3.63) is 0 Å². The highest BCUT2D eigenvalue weighted by molar-refractivity contribution is 5.98. The van der Waals surface area contributed by atoms with Crippen LogP contribution >= 0.6 is 0 Å². The molecule has 1 saturated heterocycles. The fourth-order valence-corrected chi connectivity index (χ4v) is 2.80. The molecule has 0 aromatic carbocycles. The van der Waals surface area contributed by atoms with Gasteiger partial charge in [0.05, 0.1) is 6.54 Å². The number of rotatable bonds is 6. The first-order chi connectivity index (χ1) is 8.93. The minimum absolute atomic E-state index is 0.0124. The van der Waals surface area contributed by atoms with E-state index in [0.717, 1.165) is 32.2 Å². The van der Waals surface area contributed by atoms with Crippen molar-refractivity contribution in [3.63, 3.8) is 0 Å². The maximum Gasteiger partial charge on any atom is 0.248 e. The van der Waals surface area contributed by atoms with E-state index in [2.05, 4.69) is 10.2 Å². The van der Waals surface area contributed by atoms with Crippen molar-refractivity contribution in [1.29, 1.82) is 0 Å². The third-order valence-corrected chi connectivity index (χ3v) is 4.14. The molecule has 2 aliphatic rings. The van der Waals surface area contributed by atoms with Gasteiger partial charge in [-0.1, -0.05) is 0 Å². The van der Waals surface area contributed by atoms with Gasteiger partial charge in [-0.3, -0.25) is 9.59 Å². The van der Waals surface area contributed by atoms with Gasteiger partial charge in [-0.15, -0.1) is 0 Å². The third kappa shape index (κ3) is 3.26. The quantitative estimate of drug-likeness (QED) is 0.711. The lowest BCUT2D eigenvalue weighted by Crippen LogP contribution is -2.66. The second-order valence-electron chi connectivity index (χ2n) is 6.26. The van der Waals surface area contributed by atoms with Crippen LogP contribution in [0.1, 0.15) is 32.6 Å². The first kappa shape index (κ1) is 14.3. The molecule has 2 fully saturated rings. The van der Waals surface area contributed by atoms with Crippen molar-refractivity contribution < 1.29 is 9.59 Å². The SMILES string of the molecule is CN(C)CCCCN1CC(=O)NC(C)(C2CC2)C1=O. The van der Waals surface area contributed by atoms with E-state index in [-0.39, 0.29) is 18.4 Å². The van der Waals surface area contributed by atoms with Crippen LogP contribution in [0.3, 0.4) is 0 Å². The molecule has 19 heavy (non-hydrogen) atoms. The summed E-state index contributed by atoms with van der Waals surface area (Å²) in [5, 5.41) is 2.90. The minimum Gasteiger partial charge on any atom is -0.340 e. The summed E-state index contributed by atoms with van der Waals surface area (Å²) in [6, 6.07) is 0. The summed E-state index contributed by atoms with van der Waals surface area (Å²) in [5.74, 6) is 0.439. The van der Waals surface area contributed by atoms with E-state index < -0.39 is 5.54 Å². The lowest BCUT2D eigenvalue weighted by Gasteiger charge is -2.40. The van der Waals surface area contributed by atoms with Crippen molar-refractivity contribution in [2.24, 2.45) is 5.92 Å². The Bertz CT molecular complexity index is 366. The van der Waals surface area contributed by atoms with Crippen LogP contribution in [-0.2, 0) is 9.59 Å². The van der Waals surface area contributed by atoms with Gasteiger partial charge in [0.2, 0.25) is 11.8 Å². The van der Waals surface area contributed by atoms with Crippen molar-refractivity contribution in [2.75, 3.05) is 33.7 Å². The van der Waals surface area contributed by atoms with Crippen LogP contribution in [0.15, 0.2) is 0 Å². The molecule has 2 rings (SSSR count). The monoisotopic (exact) mass is 267 g/mol. The number of piperazine rings is 1. The summed E-state index contributed by atoms with van der Waals surface area (Å²) in [4.78, 5) is 28.2. The van der Waals surface area contributed by atoms with Gasteiger partial charge in [-0.25, -0.2) is 0 Å². The average Bonchev–Trinajstić information content (AvgIpc) is 3.14. The molecule has 1 atom stereocenters. The van der Waals surface area contributed by atoms with Crippen LogP contribution in [0.4, 0.5) is 0 Å². The fraction of sp³-hybridized carbons (Fsp3) is 0.857. The molecule has 1 heterocycles. The van der Waals surface area contributed by atoms with E-state index in [4.69, 9.17) is 0 Å². The number of nitrogens with zero attached hydrogens (tertiary/aromatic N) is 2. The zero-order valence-corrected chi connectivity index (χ0v) is 12.2. The van der Waals surface area contributed by atoms with Gasteiger partial charge in [-0.2, -0.15) is 0 Å². The van der Waals surface area contributed by atoms with Gasteiger partial charge in [0.25, 0.3) is 0 Å². The summed E-state index contributed by atoms with van der Waals surface area (Å²) >= 11 is 0. The highest BCUT2D eigenvalue weighted by Gasteiger charge is 2.52. The molecule has 5 heteroatoms. The number of carbonyl (C=O) groups is 2. The number of unbranched alkanes of at least 4 members (excludes halogenated alkanes) is 1. The van der Waals surface area contributed by atoms with Gasteiger partial charge in [0.1, 0.15) is 5.54 Å². The number of nitrogens with one attached hydrogen (secondary N) is 1. The average molecular weight is 267 g/mol. The summed E-state index contributed by atoms with van der Waals surface area (Å²) < 4.78 is 0. The van der Waals surface area contributed by atoms with Crippen molar-refractivity contribution >= 4 is 11.8 Å². The third-order valence-electron chi connectivity index (χ3n) is 4.14. The van der Waals surface area contributed by atoms with Gasteiger partial charge < -0.3 is 15.1 Å². The number of hydrogen-bond acceptors (Lipinski definition) is 3. The maximum absolute atomic E-state index is 12.5. The summed E-state index contributed by atoms with van der Waals surface area (Å²) in [6.45, 7) is 3.83. The standard InChI is InChI=1S/C14H25N3O2/c1-14(11-6-7-11)13(19)17(10-12(18)15-14)9-5-4-8-16(2)3/h11H,4-10H2,1-3H3,(H,15,18). The Hall–Kier alpha value is -1.10. The molecule has 0 aromatic heterocycles. The molecule has 1 unspecified atom stereocenters. The lowest BCUT2D eigenvalue weighted by atomic mass is 9.91. The molecule has 5 nitrogen and oxygen atoms in total. The first-order valence-electron chi connectivity index (χ1n) is 7.18. The molecule has 1 aliphatic heterocycles. The fourth-order valence-electron chi connectivity index (χ4n) is 2.80. The van der Waals surface area contributed by atoms with Crippen molar-refractivity contribution in [1.82, 2.24) is 15.1 Å². The van der Waals surface area contributed by atoms with Gasteiger partial charge >= 0.3 is 0 Å². The predicted octanol–water partition coefficient (Wildman–Crippen LogP) is 0.455. The Labute approximate surface area is 115 Å². The zero-order valence-electron chi connectivity index (χ0n) is 12.2. The molecule has 0 aromatic rings. The number of amides is 2. The highest BCUT2D eigenvalue weighted by atomic mass is 16.2. The molecule has 2 amide bonds. The number of carbonyl (C=O) groups excluding carboxylic acids is 2. The Morgan fingerprint density at radius 3 is 2.58 bits per heavy atom. The largest absolute Gasteiger partial charge is 0.340 e. The minimum atomic E-state index is -0.642. The normalized spacial score (nSPS) is 27.9. The van der Waals surface area contributed by atoms with Gasteiger partial charge in [0, 0.05) is 6.54 Å². The second kappa shape index (κ2) is 5.49. The molecular formula is C14H25N3O2. The van der Waals surface area contributed by atoms with E-state index in [9.17, 15) is 9.59 Å². The zero-order chi connectivity index (χ0) is 14.0. The van der Waals surface area contributed by atoms with Crippen LogP contribution in [0.2, 0.25) is 0 Å². The Kier molecular flexibility index (Phi) is 4.13. The molecule has 0 spiro atoms. The second-order valence-corrected chi connectivity index (χ2v) is 6.26. The van der Waals surface area contributed by atoms with Crippen molar-refractivity contribution in [2.45, 2.75) is 38.1 Å². The van der Waals surface area contributed by atoms with E-state index in [0.29, 0.717) is 12.5 Å². The molecular weight excluding hydrogens is 242 g/mol. The maximum atomic E-state index is 12.5. The summed E-state index contributed by atoms with van der Waals surface area (Å²) in [6.07, 6.45) is 4.12. The molecule has 0 radical (unpaired) electrons. The van der Waals surface area contributed by atoms with Crippen LogP contribution in [0.5, 0.6) is 0 Å². The van der Waals surface area contributed by atoms with E-state index >= 15 is 0 Å². The van der Waals surface area contributed by atoms with Crippen LogP contribution in [-0.4, -0.2) is 60.9 Å².